The van der Waals surface area contributed by atoms with Crippen molar-refractivity contribution in [3.05, 3.63) is 38.3 Å². The monoisotopic (exact) mass is 345 g/mol. The molecule has 0 aliphatic heterocycles. The van der Waals surface area contributed by atoms with Crippen LogP contribution in [0.25, 0.3) is 0 Å². The minimum Gasteiger partial charge on any atom is -0.480 e. The number of urea groups is 1. The zero-order chi connectivity index (χ0) is 15.3. The number of hydrogen-bond donors (Lipinski definition) is 3. The molecular formula is C11H12BrN3O5. The molecule has 0 fully saturated rings. The van der Waals surface area contributed by atoms with Crippen LogP contribution in [0.15, 0.2) is 22.7 Å². The van der Waals surface area contributed by atoms with E-state index in [1.807, 2.05) is 0 Å². The molecule has 0 saturated carbocycles. The summed E-state index contributed by atoms with van der Waals surface area (Å²) in [5.74, 6) is -1.16. The Hall–Kier alpha value is -2.16. The number of hydrogen-bond acceptors (Lipinski definition) is 4. The van der Waals surface area contributed by atoms with E-state index in [-0.39, 0.29) is 16.7 Å². The van der Waals surface area contributed by atoms with E-state index in [0.29, 0.717) is 5.56 Å². The second kappa shape index (κ2) is 6.85. The molecular weight excluding hydrogens is 334 g/mol. The Morgan fingerprint density at radius 3 is 2.70 bits per heavy atom. The Bertz CT molecular complexity index is 549. The molecule has 0 radical (unpaired) electrons. The Balaban J connectivity index is 2.67. The first-order valence-corrected chi connectivity index (χ1v) is 6.31. The van der Waals surface area contributed by atoms with E-state index >= 15 is 0 Å². The molecule has 3 N–H and O–H groups in total. The van der Waals surface area contributed by atoms with Crippen LogP contribution in [0.3, 0.4) is 0 Å². The molecule has 0 bridgehead atoms. The predicted octanol–water partition coefficient (Wildman–Crippen LogP) is 1.63. The van der Waals surface area contributed by atoms with Crippen molar-refractivity contribution in [3.8, 4) is 0 Å². The number of carbonyl (C=O) groups is 2. The van der Waals surface area contributed by atoms with Gasteiger partial charge in [0.1, 0.15) is 10.5 Å². The fourth-order valence-electron chi connectivity index (χ4n) is 1.33. The number of rotatable bonds is 5. The molecule has 108 valence electrons. The van der Waals surface area contributed by atoms with Crippen LogP contribution in [0.2, 0.25) is 0 Å². The second-order valence-electron chi connectivity index (χ2n) is 3.89. The van der Waals surface area contributed by atoms with Crippen molar-refractivity contribution >= 4 is 33.6 Å². The van der Waals surface area contributed by atoms with Crippen LogP contribution in [-0.4, -0.2) is 28.1 Å². The largest absolute Gasteiger partial charge is 0.480 e. The number of halogens is 1. The van der Waals surface area contributed by atoms with Gasteiger partial charge in [-0.1, -0.05) is 12.1 Å². The van der Waals surface area contributed by atoms with Crippen molar-refractivity contribution in [1.29, 1.82) is 0 Å². The number of nitro benzene ring substituents is 1. The number of carboxylic acids is 1. The van der Waals surface area contributed by atoms with Crippen LogP contribution in [-0.2, 0) is 11.3 Å². The van der Waals surface area contributed by atoms with Gasteiger partial charge < -0.3 is 15.7 Å². The summed E-state index contributed by atoms with van der Waals surface area (Å²) in [6.07, 6.45) is 0. The number of carboxylic acid groups (broad SMARTS) is 1. The summed E-state index contributed by atoms with van der Waals surface area (Å²) in [5.41, 5.74) is 0.404. The highest BCUT2D eigenvalue weighted by Crippen LogP contribution is 2.27. The topological polar surface area (TPSA) is 122 Å². The number of nitrogens with zero attached hydrogens (tertiary/aromatic N) is 1. The lowest BCUT2D eigenvalue weighted by Crippen LogP contribution is -2.44. The van der Waals surface area contributed by atoms with Gasteiger partial charge in [0.2, 0.25) is 0 Å². The lowest BCUT2D eigenvalue weighted by molar-refractivity contribution is -0.385. The van der Waals surface area contributed by atoms with Crippen molar-refractivity contribution in [3.63, 3.8) is 0 Å². The Labute approximate surface area is 122 Å². The minimum absolute atomic E-state index is 0.0282. The molecule has 0 heterocycles. The van der Waals surface area contributed by atoms with Crippen LogP contribution < -0.4 is 10.6 Å². The van der Waals surface area contributed by atoms with Gasteiger partial charge in [0.05, 0.1) is 4.92 Å². The van der Waals surface area contributed by atoms with Gasteiger partial charge in [0.15, 0.2) is 0 Å². The van der Waals surface area contributed by atoms with Crippen molar-refractivity contribution in [1.82, 2.24) is 10.6 Å². The fraction of sp³-hybridized carbons (Fsp3) is 0.273. The minimum atomic E-state index is -1.16. The maximum Gasteiger partial charge on any atom is 0.325 e. The summed E-state index contributed by atoms with van der Waals surface area (Å²) in [7, 11) is 0. The first-order valence-electron chi connectivity index (χ1n) is 5.52. The van der Waals surface area contributed by atoms with Crippen LogP contribution in [0, 0.1) is 10.1 Å². The van der Waals surface area contributed by atoms with Gasteiger partial charge in [-0.25, -0.2) is 4.79 Å². The van der Waals surface area contributed by atoms with Crippen molar-refractivity contribution in [2.24, 2.45) is 0 Å². The van der Waals surface area contributed by atoms with Gasteiger partial charge >= 0.3 is 12.0 Å². The average molecular weight is 346 g/mol. The molecule has 1 rings (SSSR count). The summed E-state index contributed by atoms with van der Waals surface area (Å²) >= 11 is 3.10. The Kier molecular flexibility index (Phi) is 5.44. The zero-order valence-electron chi connectivity index (χ0n) is 10.4. The lowest BCUT2D eigenvalue weighted by atomic mass is 10.2. The number of carbonyl (C=O) groups excluding carboxylic acids is 1. The van der Waals surface area contributed by atoms with Crippen LogP contribution >= 0.6 is 15.9 Å². The third-order valence-electron chi connectivity index (χ3n) is 2.41. The molecule has 2 amide bonds. The summed E-state index contributed by atoms with van der Waals surface area (Å²) in [5, 5.41) is 24.0. The maximum atomic E-state index is 11.4. The molecule has 0 saturated heterocycles. The number of benzene rings is 1. The summed E-state index contributed by atoms with van der Waals surface area (Å²) in [6.45, 7) is 1.35. The van der Waals surface area contributed by atoms with E-state index in [1.54, 1.807) is 6.07 Å². The average Bonchev–Trinajstić information content (AvgIpc) is 2.36. The van der Waals surface area contributed by atoms with Gasteiger partial charge in [-0.15, -0.1) is 0 Å². The second-order valence-corrected chi connectivity index (χ2v) is 4.69. The molecule has 1 atom stereocenters. The standard InChI is InChI=1S/C11H12BrN3O5/c1-6(10(16)17)14-11(18)13-5-7-3-2-4-8(9(7)12)15(19)20/h2-4,6H,5H2,1H3,(H,16,17)(H2,13,14,18). The molecule has 8 nitrogen and oxygen atoms in total. The predicted molar refractivity (Wildman–Crippen MR) is 73.3 cm³/mol. The molecule has 0 aliphatic carbocycles. The number of nitro groups is 1. The quantitative estimate of drug-likeness (QED) is 0.553. The molecule has 0 aromatic heterocycles. The molecule has 9 heteroatoms. The normalized spacial score (nSPS) is 11.5. The molecule has 0 spiro atoms. The molecule has 1 aromatic carbocycles. The van der Waals surface area contributed by atoms with Gasteiger partial charge in [-0.3, -0.25) is 14.9 Å². The van der Waals surface area contributed by atoms with E-state index in [4.69, 9.17) is 5.11 Å². The Morgan fingerprint density at radius 2 is 2.15 bits per heavy atom. The Morgan fingerprint density at radius 1 is 1.50 bits per heavy atom. The zero-order valence-corrected chi connectivity index (χ0v) is 12.0. The number of amides is 2. The third kappa shape index (κ3) is 4.19. The van der Waals surface area contributed by atoms with Crippen LogP contribution in [0.4, 0.5) is 10.5 Å². The highest BCUT2D eigenvalue weighted by atomic mass is 79.9. The van der Waals surface area contributed by atoms with E-state index in [1.165, 1.54) is 19.1 Å². The highest BCUT2D eigenvalue weighted by Gasteiger charge is 2.16. The van der Waals surface area contributed by atoms with Crippen molar-refractivity contribution in [2.75, 3.05) is 0 Å². The molecule has 0 aliphatic rings. The summed E-state index contributed by atoms with van der Waals surface area (Å²) in [4.78, 5) is 32.2. The van der Waals surface area contributed by atoms with Gasteiger partial charge in [-0.05, 0) is 28.4 Å². The van der Waals surface area contributed by atoms with Crippen molar-refractivity contribution < 1.29 is 19.6 Å². The van der Waals surface area contributed by atoms with Gasteiger partial charge in [0, 0.05) is 12.6 Å². The van der Waals surface area contributed by atoms with Crippen LogP contribution in [0.1, 0.15) is 12.5 Å². The van der Waals surface area contributed by atoms with E-state index in [0.717, 1.165) is 0 Å². The highest BCUT2D eigenvalue weighted by molar-refractivity contribution is 9.10. The number of aliphatic carboxylic acids is 1. The van der Waals surface area contributed by atoms with Crippen molar-refractivity contribution in [2.45, 2.75) is 19.5 Å². The summed E-state index contributed by atoms with van der Waals surface area (Å²) < 4.78 is 0.275. The smallest absolute Gasteiger partial charge is 0.325 e. The van der Waals surface area contributed by atoms with Gasteiger partial charge in [0.25, 0.3) is 5.69 Å². The van der Waals surface area contributed by atoms with Gasteiger partial charge in [-0.2, -0.15) is 0 Å². The van der Waals surface area contributed by atoms with E-state index in [2.05, 4.69) is 26.6 Å². The van der Waals surface area contributed by atoms with Crippen LogP contribution in [0.5, 0.6) is 0 Å². The van der Waals surface area contributed by atoms with E-state index in [9.17, 15) is 19.7 Å². The molecule has 1 aromatic rings. The third-order valence-corrected chi connectivity index (χ3v) is 3.33. The fourth-order valence-corrected chi connectivity index (χ4v) is 1.88. The number of nitrogens with one attached hydrogen (secondary N) is 2. The maximum absolute atomic E-state index is 11.4. The SMILES string of the molecule is CC(NC(=O)NCc1cccc([N+](=O)[O-])c1Br)C(=O)O. The first-order chi connectivity index (χ1) is 9.32. The first kappa shape index (κ1) is 15.9. The molecule has 20 heavy (non-hydrogen) atoms. The summed E-state index contributed by atoms with van der Waals surface area (Å²) in [6, 6.07) is 2.75. The molecule has 1 unspecified atom stereocenters. The lowest BCUT2D eigenvalue weighted by Gasteiger charge is -2.11. The van der Waals surface area contributed by atoms with E-state index < -0.39 is 23.0 Å².